The third kappa shape index (κ3) is 15.0. The van der Waals surface area contributed by atoms with E-state index in [9.17, 15) is 0 Å². The predicted molar refractivity (Wildman–Crippen MR) is 80.8 cm³/mol. The molecule has 0 bridgehead atoms. The fourth-order valence-electron chi connectivity index (χ4n) is 2.09. The van der Waals surface area contributed by atoms with Gasteiger partial charge in [0, 0.05) is 0 Å². The number of hydrogen-bond acceptors (Lipinski definition) is 1. The Morgan fingerprint density at radius 1 is 0.750 bits per heavy atom. The fraction of sp³-hybridized carbons (Fsp3) is 1.00. The van der Waals surface area contributed by atoms with Gasteiger partial charge in [-0.1, -0.05) is 6.92 Å². The van der Waals surface area contributed by atoms with Crippen LogP contribution in [0, 0.1) is 0 Å². The van der Waals surface area contributed by atoms with Gasteiger partial charge < -0.3 is 0 Å². The second-order valence-electron chi connectivity index (χ2n) is 4.88. The molecule has 0 N–H and O–H groups in total. The zero-order valence-corrected chi connectivity index (χ0v) is 18.8. The van der Waals surface area contributed by atoms with Gasteiger partial charge in [0.25, 0.3) is 0 Å². The molecule has 0 spiro atoms. The molecule has 0 rings (SSSR count). The van der Waals surface area contributed by atoms with Crippen molar-refractivity contribution in [3.8, 4) is 0 Å². The van der Waals surface area contributed by atoms with E-state index in [1.807, 2.05) is 0 Å². The van der Waals surface area contributed by atoms with Gasteiger partial charge in [-0.05, 0) is 0 Å². The van der Waals surface area contributed by atoms with Crippen LogP contribution in [0.5, 0.6) is 0 Å². The molecule has 0 aromatic carbocycles. The van der Waals surface area contributed by atoms with Crippen LogP contribution in [0.2, 0.25) is 5.25 Å². The fourth-order valence-corrected chi connectivity index (χ4v) is 7.01. The molecule has 0 aliphatic carbocycles. The predicted octanol–water partition coefficient (Wildman–Crippen LogP) is 3.10. The molecule has 3 heteroatoms. The van der Waals surface area contributed by atoms with Crippen molar-refractivity contribution < 1.29 is 2.79 Å². The van der Waals surface area contributed by atoms with Crippen LogP contribution in [-0.4, -0.2) is 32.6 Å². The molecule has 0 unspecified atom stereocenters. The minimum atomic E-state index is -0.428. The van der Waals surface area contributed by atoms with Crippen LogP contribution in [0.25, 0.3) is 0 Å². The maximum absolute atomic E-state index is 5.41. The average molecular weight is 350 g/mol. The first-order valence-corrected chi connectivity index (χ1v) is 12.4. The van der Waals surface area contributed by atoms with E-state index in [1.54, 1.807) is 0 Å². The normalized spacial score (nSPS) is 11.8. The summed E-state index contributed by atoms with van der Waals surface area (Å²) < 4.78 is 5.41. The van der Waals surface area contributed by atoms with Gasteiger partial charge in [-0.25, -0.2) is 0 Å². The van der Waals surface area contributed by atoms with Crippen molar-refractivity contribution in [3.63, 3.8) is 0 Å². The van der Waals surface area contributed by atoms with Crippen LogP contribution in [0.15, 0.2) is 0 Å². The zero-order valence-electron chi connectivity index (χ0n) is 11.6. The van der Waals surface area contributed by atoms with Gasteiger partial charge in [0.05, 0.1) is 0 Å². The molecule has 0 radical (unpaired) electrons. The molecule has 0 aliphatic heterocycles. The van der Waals surface area contributed by atoms with Crippen LogP contribution in [-0.2, 0) is 2.79 Å². The zero-order chi connectivity index (χ0) is 11.9. The van der Waals surface area contributed by atoms with Gasteiger partial charge in [0.2, 0.25) is 0 Å². The second kappa shape index (κ2) is 16.0. The van der Waals surface area contributed by atoms with Gasteiger partial charge >= 0.3 is 111 Å². The first-order valence-electron chi connectivity index (χ1n) is 7.40. The van der Waals surface area contributed by atoms with Crippen LogP contribution in [0.1, 0.15) is 77.6 Å². The van der Waals surface area contributed by atoms with E-state index >= 15 is 0 Å². The van der Waals surface area contributed by atoms with Crippen molar-refractivity contribution >= 4 is 32.6 Å². The first kappa shape index (κ1) is 17.0. The van der Waals surface area contributed by atoms with E-state index in [2.05, 4.69) is 6.92 Å². The molecule has 0 aromatic heterocycles. The summed E-state index contributed by atoms with van der Waals surface area (Å²) in [6, 6.07) is 0. The topological polar surface area (TPSA) is 9.23 Å². The third-order valence-corrected chi connectivity index (χ3v) is 10.2. The summed E-state index contributed by atoms with van der Waals surface area (Å²) in [7, 11) is 0. The molecule has 1 nitrogen and oxygen atoms in total. The molecule has 0 fully saturated rings. The quantitative estimate of drug-likeness (QED) is 0.367. The Morgan fingerprint density at radius 3 is 1.62 bits per heavy atom. The summed E-state index contributed by atoms with van der Waals surface area (Å²) in [5, 5.41) is 1.48. The Hall–Kier alpha value is 1.05. The van der Waals surface area contributed by atoms with Crippen LogP contribution >= 0.6 is 0 Å². The molecular formula is C13H32Ge2O. The van der Waals surface area contributed by atoms with Gasteiger partial charge in [-0.3, -0.25) is 0 Å². The Bertz CT molecular complexity index is 107. The summed E-state index contributed by atoms with van der Waals surface area (Å²) in [5.74, 6) is 0. The molecule has 0 saturated carbocycles. The molecule has 0 amide bonds. The Balaban J connectivity index is 2.83. The van der Waals surface area contributed by atoms with Crippen LogP contribution in [0.4, 0.5) is 0 Å². The Labute approximate surface area is 118 Å². The van der Waals surface area contributed by atoms with E-state index < -0.39 is 15.8 Å². The summed E-state index contributed by atoms with van der Waals surface area (Å²) in [4.78, 5) is 0. The van der Waals surface area contributed by atoms with Crippen LogP contribution < -0.4 is 0 Å². The third-order valence-electron chi connectivity index (χ3n) is 3.20. The van der Waals surface area contributed by atoms with Gasteiger partial charge in [-0.15, -0.1) is 0 Å². The second-order valence-corrected chi connectivity index (χ2v) is 14.7. The maximum atomic E-state index is 5.41. The molecule has 0 heterocycles. The van der Waals surface area contributed by atoms with E-state index in [0.717, 1.165) is 0 Å². The molecule has 0 aliphatic rings. The van der Waals surface area contributed by atoms with E-state index in [0.29, 0.717) is 16.9 Å². The summed E-state index contributed by atoms with van der Waals surface area (Å²) in [6.07, 6.45) is 16.1. The SMILES string of the molecule is CCCCCCCCCCCC[CH2][GeH2][O][GeH3]. The van der Waals surface area contributed by atoms with Crippen molar-refractivity contribution in [2.45, 2.75) is 82.8 Å². The van der Waals surface area contributed by atoms with Crippen LogP contribution in [0.3, 0.4) is 0 Å². The average Bonchev–Trinajstić information content (AvgIpc) is 2.31. The summed E-state index contributed by atoms with van der Waals surface area (Å²) in [6.45, 7) is 2.29. The minimum absolute atomic E-state index is 0.428. The molecule has 98 valence electrons. The first-order chi connectivity index (χ1) is 7.91. The van der Waals surface area contributed by atoms with Crippen molar-refractivity contribution in [1.82, 2.24) is 0 Å². The van der Waals surface area contributed by atoms with Gasteiger partial charge in [-0.2, -0.15) is 0 Å². The summed E-state index contributed by atoms with van der Waals surface area (Å²) >= 11 is 0.258. The van der Waals surface area contributed by atoms with Crippen molar-refractivity contribution in [2.24, 2.45) is 0 Å². The Kier molecular flexibility index (Phi) is 17.1. The van der Waals surface area contributed by atoms with E-state index in [1.165, 1.54) is 75.9 Å². The molecule has 0 atom stereocenters. The number of rotatable bonds is 13. The van der Waals surface area contributed by atoms with Gasteiger partial charge in [0.1, 0.15) is 0 Å². The van der Waals surface area contributed by atoms with E-state index in [-0.39, 0.29) is 0 Å². The van der Waals surface area contributed by atoms with Crippen molar-refractivity contribution in [2.75, 3.05) is 0 Å². The molecular weight excluding hydrogens is 317 g/mol. The van der Waals surface area contributed by atoms with Gasteiger partial charge in [0.15, 0.2) is 0 Å². The summed E-state index contributed by atoms with van der Waals surface area (Å²) in [5.41, 5.74) is 0. The molecule has 0 aromatic rings. The number of hydrogen-bond donors (Lipinski definition) is 0. The molecule has 0 saturated heterocycles. The standard InChI is InChI=1S/C13H32Ge2O/c1-2-3-4-5-6-7-8-9-10-11-12-13-15-16-14/h2-13,15H2,1,14H3. The monoisotopic (exact) mass is 352 g/mol. The van der Waals surface area contributed by atoms with E-state index in [4.69, 9.17) is 2.79 Å². The van der Waals surface area contributed by atoms with Crippen molar-refractivity contribution in [1.29, 1.82) is 0 Å². The van der Waals surface area contributed by atoms with Crippen molar-refractivity contribution in [3.05, 3.63) is 0 Å². The Morgan fingerprint density at radius 2 is 1.19 bits per heavy atom. The number of unbranched alkanes of at least 4 members (excludes halogenated alkanes) is 10. The molecule has 16 heavy (non-hydrogen) atoms.